The Labute approximate surface area is 148 Å². The third-order valence-corrected chi connectivity index (χ3v) is 5.19. The molecule has 0 aromatic heterocycles. The predicted octanol–water partition coefficient (Wildman–Crippen LogP) is 2.56. The molecule has 25 heavy (non-hydrogen) atoms. The molecule has 136 valence electrons. The number of halogens is 1. The molecule has 1 unspecified atom stereocenters. The fourth-order valence-corrected chi connectivity index (χ4v) is 3.65. The van der Waals surface area contributed by atoms with Crippen LogP contribution in [0.3, 0.4) is 0 Å². The first-order valence-electron chi connectivity index (χ1n) is 7.83. The van der Waals surface area contributed by atoms with Crippen molar-refractivity contribution in [3.8, 4) is 5.75 Å². The van der Waals surface area contributed by atoms with Crippen LogP contribution in [-0.4, -0.2) is 41.1 Å². The fraction of sp³-hybridized carbons (Fsp3) is 0.333. The van der Waals surface area contributed by atoms with Crippen molar-refractivity contribution in [2.24, 2.45) is 0 Å². The lowest BCUT2D eigenvalue weighted by Gasteiger charge is -2.25. The maximum absolute atomic E-state index is 12.9. The Morgan fingerprint density at radius 3 is 2.44 bits per heavy atom. The summed E-state index contributed by atoms with van der Waals surface area (Å²) in [5.74, 6) is 0.143. The lowest BCUT2D eigenvalue weighted by atomic mass is 10.1. The number of rotatable bonds is 8. The van der Waals surface area contributed by atoms with Gasteiger partial charge in [-0.2, -0.15) is 0 Å². The van der Waals surface area contributed by atoms with Gasteiger partial charge in [-0.25, -0.2) is 17.5 Å². The smallest absolute Gasteiger partial charge is 0.215 e. The van der Waals surface area contributed by atoms with Crippen molar-refractivity contribution in [3.63, 3.8) is 0 Å². The Morgan fingerprint density at radius 1 is 1.16 bits per heavy atom. The normalized spacial score (nSPS) is 13.0. The molecule has 0 spiro atoms. The van der Waals surface area contributed by atoms with Gasteiger partial charge >= 0.3 is 0 Å². The Kier molecular flexibility index (Phi) is 6.52. The molecule has 0 saturated carbocycles. The summed E-state index contributed by atoms with van der Waals surface area (Å²) in [5.41, 5.74) is 1.49. The van der Waals surface area contributed by atoms with Gasteiger partial charge in [-0.05, 0) is 49.5 Å². The fourth-order valence-electron chi connectivity index (χ4n) is 2.50. The number of hydrogen-bond acceptors (Lipinski definition) is 4. The quantitative estimate of drug-likeness (QED) is 0.780. The van der Waals surface area contributed by atoms with Crippen molar-refractivity contribution in [2.45, 2.75) is 11.8 Å². The van der Waals surface area contributed by atoms with Crippen LogP contribution in [0.25, 0.3) is 0 Å². The topological polar surface area (TPSA) is 58.6 Å². The van der Waals surface area contributed by atoms with Crippen LogP contribution in [0.2, 0.25) is 0 Å². The average molecular weight is 366 g/mol. The molecule has 0 aliphatic heterocycles. The van der Waals surface area contributed by atoms with Crippen molar-refractivity contribution in [1.29, 1.82) is 0 Å². The molecule has 2 rings (SSSR count). The van der Waals surface area contributed by atoms with Gasteiger partial charge in [0.15, 0.2) is 0 Å². The SMILES string of the molecule is COc1cccc(C(CNS(=O)(=O)Cc2ccc(F)cc2)N(C)C)c1. The Hall–Kier alpha value is -1.96. The summed E-state index contributed by atoms with van der Waals surface area (Å²) in [4.78, 5) is 1.94. The molecule has 5 nitrogen and oxygen atoms in total. The Balaban J connectivity index is 2.08. The van der Waals surface area contributed by atoms with Gasteiger partial charge in [-0.3, -0.25) is 0 Å². The highest BCUT2D eigenvalue weighted by molar-refractivity contribution is 7.88. The van der Waals surface area contributed by atoms with E-state index in [9.17, 15) is 12.8 Å². The maximum Gasteiger partial charge on any atom is 0.215 e. The molecule has 1 atom stereocenters. The van der Waals surface area contributed by atoms with Gasteiger partial charge < -0.3 is 9.64 Å². The largest absolute Gasteiger partial charge is 0.497 e. The number of benzene rings is 2. The Bertz CT molecular complexity index is 792. The van der Waals surface area contributed by atoms with Crippen molar-refractivity contribution in [2.75, 3.05) is 27.7 Å². The van der Waals surface area contributed by atoms with Crippen LogP contribution >= 0.6 is 0 Å². The lowest BCUT2D eigenvalue weighted by molar-refractivity contribution is 0.298. The molecular weight excluding hydrogens is 343 g/mol. The van der Waals surface area contributed by atoms with E-state index in [2.05, 4.69) is 4.72 Å². The molecule has 0 fully saturated rings. The molecule has 0 bridgehead atoms. The summed E-state index contributed by atoms with van der Waals surface area (Å²) >= 11 is 0. The average Bonchev–Trinajstić information content (AvgIpc) is 2.57. The zero-order valence-electron chi connectivity index (χ0n) is 14.6. The van der Waals surface area contributed by atoms with Crippen LogP contribution in [0.1, 0.15) is 17.2 Å². The number of hydrogen-bond donors (Lipinski definition) is 1. The Morgan fingerprint density at radius 2 is 1.84 bits per heavy atom. The van der Waals surface area contributed by atoms with Crippen molar-refractivity contribution in [1.82, 2.24) is 9.62 Å². The highest BCUT2D eigenvalue weighted by Gasteiger charge is 2.19. The molecule has 7 heteroatoms. The van der Waals surface area contributed by atoms with Gasteiger partial charge in [0.05, 0.1) is 12.9 Å². The molecule has 2 aromatic rings. The van der Waals surface area contributed by atoms with E-state index in [1.54, 1.807) is 7.11 Å². The number of methoxy groups -OCH3 is 1. The molecule has 2 aromatic carbocycles. The van der Waals surface area contributed by atoms with E-state index < -0.39 is 10.0 Å². The zero-order valence-corrected chi connectivity index (χ0v) is 15.4. The molecule has 0 amide bonds. The highest BCUT2D eigenvalue weighted by Crippen LogP contribution is 2.22. The maximum atomic E-state index is 12.9. The third-order valence-electron chi connectivity index (χ3n) is 3.87. The minimum Gasteiger partial charge on any atom is -0.497 e. The highest BCUT2D eigenvalue weighted by atomic mass is 32.2. The monoisotopic (exact) mass is 366 g/mol. The van der Waals surface area contributed by atoms with Crippen LogP contribution < -0.4 is 9.46 Å². The predicted molar refractivity (Wildman–Crippen MR) is 96.4 cm³/mol. The second-order valence-corrected chi connectivity index (χ2v) is 7.80. The second kappa shape index (κ2) is 8.42. The summed E-state index contributed by atoms with van der Waals surface area (Å²) < 4.78 is 45.4. The minimum absolute atomic E-state index is 0.141. The summed E-state index contributed by atoms with van der Waals surface area (Å²) in [6, 6.07) is 12.8. The lowest BCUT2D eigenvalue weighted by Crippen LogP contribution is -2.35. The number of likely N-dealkylation sites (N-methyl/N-ethyl adjacent to an activating group) is 1. The van der Waals surface area contributed by atoms with Gasteiger partial charge in [0, 0.05) is 12.6 Å². The van der Waals surface area contributed by atoms with Crippen LogP contribution in [0.15, 0.2) is 48.5 Å². The molecule has 1 N–H and O–H groups in total. The van der Waals surface area contributed by atoms with Gasteiger partial charge in [0.2, 0.25) is 10.0 Å². The van der Waals surface area contributed by atoms with Gasteiger partial charge in [0.1, 0.15) is 11.6 Å². The molecule has 0 heterocycles. The second-order valence-electron chi connectivity index (χ2n) is 5.99. The van der Waals surface area contributed by atoms with Crippen LogP contribution in [0.5, 0.6) is 5.75 Å². The standard InChI is InChI=1S/C18H23FN2O3S/c1-21(2)18(15-5-4-6-17(11-15)24-3)12-20-25(22,23)13-14-7-9-16(19)10-8-14/h4-11,18,20H,12-13H2,1-3H3. The van der Waals surface area contributed by atoms with Crippen LogP contribution in [-0.2, 0) is 15.8 Å². The van der Waals surface area contributed by atoms with E-state index >= 15 is 0 Å². The van der Waals surface area contributed by atoms with Gasteiger partial charge in [-0.15, -0.1) is 0 Å². The zero-order chi connectivity index (χ0) is 18.4. The molecule has 0 saturated heterocycles. The third kappa shape index (κ3) is 5.81. The van der Waals surface area contributed by atoms with E-state index in [1.165, 1.54) is 24.3 Å². The first-order chi connectivity index (χ1) is 11.8. The van der Waals surface area contributed by atoms with E-state index in [1.807, 2.05) is 43.3 Å². The van der Waals surface area contributed by atoms with E-state index in [-0.39, 0.29) is 24.2 Å². The first-order valence-corrected chi connectivity index (χ1v) is 9.48. The van der Waals surface area contributed by atoms with E-state index in [0.29, 0.717) is 5.56 Å². The van der Waals surface area contributed by atoms with Crippen LogP contribution in [0.4, 0.5) is 4.39 Å². The molecule has 0 radical (unpaired) electrons. The van der Waals surface area contributed by atoms with Gasteiger partial charge in [0.25, 0.3) is 0 Å². The van der Waals surface area contributed by atoms with E-state index in [0.717, 1.165) is 11.3 Å². The molecule has 0 aliphatic rings. The summed E-state index contributed by atoms with van der Waals surface area (Å²) in [6.07, 6.45) is 0. The van der Waals surface area contributed by atoms with Gasteiger partial charge in [-0.1, -0.05) is 24.3 Å². The summed E-state index contributed by atoms with van der Waals surface area (Å²) in [6.45, 7) is 0.226. The van der Waals surface area contributed by atoms with E-state index in [4.69, 9.17) is 4.74 Å². The summed E-state index contributed by atoms with van der Waals surface area (Å²) in [7, 11) is 1.84. The number of ether oxygens (including phenoxy) is 1. The minimum atomic E-state index is -3.53. The number of nitrogens with one attached hydrogen (secondary N) is 1. The molecular formula is C18H23FN2O3S. The number of nitrogens with zero attached hydrogens (tertiary/aromatic N) is 1. The van der Waals surface area contributed by atoms with Crippen LogP contribution in [0, 0.1) is 5.82 Å². The first kappa shape index (κ1) is 19.4. The number of sulfonamides is 1. The molecule has 0 aliphatic carbocycles. The summed E-state index contributed by atoms with van der Waals surface area (Å²) in [5, 5.41) is 0. The van der Waals surface area contributed by atoms with Crippen molar-refractivity contribution >= 4 is 10.0 Å². The van der Waals surface area contributed by atoms with Crippen molar-refractivity contribution in [3.05, 3.63) is 65.5 Å². The van der Waals surface area contributed by atoms with Crippen molar-refractivity contribution < 1.29 is 17.5 Å².